The lowest BCUT2D eigenvalue weighted by Crippen LogP contribution is -2.44. The van der Waals surface area contributed by atoms with Gasteiger partial charge in [-0.25, -0.2) is 4.39 Å². The summed E-state index contributed by atoms with van der Waals surface area (Å²) in [5.74, 6) is 0.215. The quantitative estimate of drug-likeness (QED) is 0.208. The smallest absolute Gasteiger partial charge is 0.239 e. The van der Waals surface area contributed by atoms with Crippen LogP contribution in [0.1, 0.15) is 11.1 Å². The number of carbonyl (C=O) groups excluding carboxylic acids is 1. The number of carbonyl (C=O) groups is 1. The Balaban J connectivity index is 0.00000320. The number of aromatic nitrogens is 1. The van der Waals surface area contributed by atoms with Crippen LogP contribution in [-0.4, -0.2) is 43.5 Å². The minimum Gasteiger partial charge on any atom is -0.361 e. The van der Waals surface area contributed by atoms with Crippen LogP contribution in [0.25, 0.3) is 10.9 Å². The van der Waals surface area contributed by atoms with E-state index in [1.54, 1.807) is 13.1 Å². The first-order valence-corrected chi connectivity index (χ1v) is 9.66. The van der Waals surface area contributed by atoms with Gasteiger partial charge >= 0.3 is 0 Å². The molecule has 0 fully saturated rings. The highest BCUT2D eigenvalue weighted by Gasteiger charge is 2.06. The number of fused-ring (bicyclic) bond motifs is 1. The van der Waals surface area contributed by atoms with Crippen molar-refractivity contribution >= 4 is 46.7 Å². The molecule has 30 heavy (non-hydrogen) atoms. The lowest BCUT2D eigenvalue weighted by Gasteiger charge is -2.12. The normalized spacial score (nSPS) is 11.1. The second-order valence-corrected chi connectivity index (χ2v) is 6.69. The minimum atomic E-state index is -0.248. The molecule has 3 rings (SSSR count). The fourth-order valence-electron chi connectivity index (χ4n) is 3.11. The van der Waals surface area contributed by atoms with E-state index in [-0.39, 0.29) is 42.2 Å². The van der Waals surface area contributed by atoms with Crippen molar-refractivity contribution in [2.75, 3.05) is 26.7 Å². The summed E-state index contributed by atoms with van der Waals surface area (Å²) >= 11 is 0. The molecule has 160 valence electrons. The highest BCUT2D eigenvalue weighted by atomic mass is 127. The molecule has 6 nitrogen and oxygen atoms in total. The molecule has 0 aliphatic heterocycles. The van der Waals surface area contributed by atoms with Crippen LogP contribution in [0.3, 0.4) is 0 Å². The van der Waals surface area contributed by atoms with E-state index in [9.17, 15) is 9.18 Å². The Labute approximate surface area is 192 Å². The first-order chi connectivity index (χ1) is 14.2. The highest BCUT2D eigenvalue weighted by Crippen LogP contribution is 2.19. The fourth-order valence-corrected chi connectivity index (χ4v) is 3.11. The maximum atomic E-state index is 13.5. The Hall–Kier alpha value is -2.62. The molecule has 4 N–H and O–H groups in total. The molecule has 0 atom stereocenters. The van der Waals surface area contributed by atoms with E-state index in [1.807, 2.05) is 36.5 Å². The summed E-state index contributed by atoms with van der Waals surface area (Å²) in [6.07, 6.45) is 3.39. The predicted octanol–water partition coefficient (Wildman–Crippen LogP) is 2.99. The summed E-state index contributed by atoms with van der Waals surface area (Å²) in [6.45, 7) is 1.35. The lowest BCUT2D eigenvalue weighted by molar-refractivity contribution is -0.119. The molecule has 1 heterocycles. The maximum Gasteiger partial charge on any atom is 0.239 e. The van der Waals surface area contributed by atoms with Crippen molar-refractivity contribution in [1.82, 2.24) is 20.9 Å². The number of aliphatic imine (C=N–C) groups is 1. The van der Waals surface area contributed by atoms with Gasteiger partial charge in [0.25, 0.3) is 0 Å². The molecule has 0 unspecified atom stereocenters. The molecular weight excluding hydrogens is 496 g/mol. The summed E-state index contributed by atoms with van der Waals surface area (Å²) in [5.41, 5.74) is 3.13. The average molecular weight is 523 g/mol. The van der Waals surface area contributed by atoms with Gasteiger partial charge in [-0.2, -0.15) is 0 Å². The molecule has 0 bridgehead atoms. The number of hydrogen-bond donors (Lipinski definition) is 4. The second-order valence-electron chi connectivity index (χ2n) is 6.69. The van der Waals surface area contributed by atoms with Gasteiger partial charge in [-0.1, -0.05) is 30.3 Å². The van der Waals surface area contributed by atoms with Crippen molar-refractivity contribution in [1.29, 1.82) is 0 Å². The molecule has 0 aliphatic carbocycles. The fraction of sp³-hybridized carbons (Fsp3) is 0.273. The maximum absolute atomic E-state index is 13.5. The van der Waals surface area contributed by atoms with E-state index < -0.39 is 0 Å². The van der Waals surface area contributed by atoms with Crippen LogP contribution in [0.2, 0.25) is 0 Å². The van der Waals surface area contributed by atoms with Crippen LogP contribution in [0.5, 0.6) is 0 Å². The largest absolute Gasteiger partial charge is 0.361 e. The van der Waals surface area contributed by atoms with Crippen LogP contribution >= 0.6 is 24.0 Å². The van der Waals surface area contributed by atoms with Gasteiger partial charge in [0.2, 0.25) is 5.91 Å². The second kappa shape index (κ2) is 12.2. The van der Waals surface area contributed by atoms with Gasteiger partial charge in [0.1, 0.15) is 5.82 Å². The van der Waals surface area contributed by atoms with Crippen molar-refractivity contribution in [2.45, 2.75) is 12.8 Å². The molecule has 0 aliphatic rings. The van der Waals surface area contributed by atoms with Gasteiger partial charge in [0.15, 0.2) is 5.96 Å². The number of rotatable bonds is 8. The van der Waals surface area contributed by atoms with E-state index in [4.69, 9.17) is 0 Å². The molecule has 0 saturated heterocycles. The zero-order valence-electron chi connectivity index (χ0n) is 16.9. The van der Waals surface area contributed by atoms with Crippen molar-refractivity contribution in [3.05, 3.63) is 71.7 Å². The number of amides is 1. The Bertz CT molecular complexity index is 974. The van der Waals surface area contributed by atoms with Crippen LogP contribution in [0.4, 0.5) is 4.39 Å². The lowest BCUT2D eigenvalue weighted by atomic mass is 10.1. The average Bonchev–Trinajstić information content (AvgIpc) is 3.13. The van der Waals surface area contributed by atoms with Crippen molar-refractivity contribution in [2.24, 2.45) is 4.99 Å². The van der Waals surface area contributed by atoms with E-state index >= 15 is 0 Å². The molecule has 2 aromatic carbocycles. The molecule has 1 amide bonds. The van der Waals surface area contributed by atoms with Gasteiger partial charge in [-0.15, -0.1) is 24.0 Å². The van der Waals surface area contributed by atoms with Crippen LogP contribution in [0.15, 0.2) is 59.7 Å². The van der Waals surface area contributed by atoms with Gasteiger partial charge in [0.05, 0.1) is 6.54 Å². The van der Waals surface area contributed by atoms with Gasteiger partial charge in [-0.05, 0) is 42.2 Å². The Kier molecular flexibility index (Phi) is 9.59. The predicted molar refractivity (Wildman–Crippen MR) is 130 cm³/mol. The first kappa shape index (κ1) is 23.7. The number of guanidine groups is 1. The zero-order valence-corrected chi connectivity index (χ0v) is 19.2. The SMILES string of the molecule is CN=C(NCCc1c[nH]c2ccc(F)cc12)NCC(=O)NCCc1ccccc1.I. The zero-order chi connectivity index (χ0) is 20.5. The number of benzene rings is 2. The number of nitrogens with one attached hydrogen (secondary N) is 4. The van der Waals surface area contributed by atoms with Gasteiger partial charge in [0, 0.05) is 37.2 Å². The molecule has 0 radical (unpaired) electrons. The standard InChI is InChI=1S/C22H26FN5O.HI/c1-24-22(28-15-21(29)25-11-9-16-5-3-2-4-6-16)26-12-10-17-14-27-20-8-7-18(23)13-19(17)20;/h2-8,13-14,27H,9-12,15H2,1H3,(H,25,29)(H2,24,26,28);1H. The third-order valence-corrected chi connectivity index (χ3v) is 4.63. The summed E-state index contributed by atoms with van der Waals surface area (Å²) in [4.78, 5) is 19.3. The molecular formula is C22H27FIN5O. The van der Waals surface area contributed by atoms with Crippen LogP contribution < -0.4 is 16.0 Å². The molecule has 0 spiro atoms. The van der Waals surface area contributed by atoms with Gasteiger partial charge in [-0.3, -0.25) is 9.79 Å². The molecule has 1 aromatic heterocycles. The summed E-state index contributed by atoms with van der Waals surface area (Å²) in [5, 5.41) is 9.95. The molecule has 0 saturated carbocycles. The monoisotopic (exact) mass is 523 g/mol. The van der Waals surface area contributed by atoms with Crippen molar-refractivity contribution in [3.63, 3.8) is 0 Å². The summed E-state index contributed by atoms with van der Waals surface area (Å²) in [7, 11) is 1.66. The summed E-state index contributed by atoms with van der Waals surface area (Å²) in [6, 6.07) is 14.7. The van der Waals surface area contributed by atoms with Gasteiger partial charge < -0.3 is 20.9 Å². The number of nitrogens with zero attached hydrogens (tertiary/aromatic N) is 1. The molecule has 8 heteroatoms. The number of hydrogen-bond acceptors (Lipinski definition) is 2. The van der Waals surface area contributed by atoms with Crippen LogP contribution in [-0.2, 0) is 17.6 Å². The number of H-pyrrole nitrogens is 1. The highest BCUT2D eigenvalue weighted by molar-refractivity contribution is 14.0. The minimum absolute atomic E-state index is 0. The van der Waals surface area contributed by atoms with E-state index in [0.717, 1.165) is 22.9 Å². The van der Waals surface area contributed by atoms with E-state index in [0.29, 0.717) is 25.5 Å². The Morgan fingerprint density at radius 1 is 1.03 bits per heavy atom. The topological polar surface area (TPSA) is 81.3 Å². The number of halogens is 2. The third-order valence-electron chi connectivity index (χ3n) is 4.63. The van der Waals surface area contributed by atoms with E-state index in [1.165, 1.54) is 17.7 Å². The van der Waals surface area contributed by atoms with Crippen molar-refractivity contribution < 1.29 is 9.18 Å². The number of aromatic amines is 1. The van der Waals surface area contributed by atoms with Crippen LogP contribution in [0, 0.1) is 5.82 Å². The summed E-state index contributed by atoms with van der Waals surface area (Å²) < 4.78 is 13.5. The Morgan fingerprint density at radius 2 is 1.80 bits per heavy atom. The Morgan fingerprint density at radius 3 is 2.57 bits per heavy atom. The van der Waals surface area contributed by atoms with Crippen molar-refractivity contribution in [3.8, 4) is 0 Å². The first-order valence-electron chi connectivity index (χ1n) is 9.66. The van der Waals surface area contributed by atoms with E-state index in [2.05, 4.69) is 25.9 Å². The molecule has 3 aromatic rings. The third kappa shape index (κ3) is 7.01.